The lowest BCUT2D eigenvalue weighted by Crippen LogP contribution is -2.05. The molecule has 0 bridgehead atoms. The first-order chi connectivity index (χ1) is 12.6. The lowest BCUT2D eigenvalue weighted by atomic mass is 10.0. The number of hydrogen-bond donors (Lipinski definition) is 0. The molecule has 0 saturated carbocycles. The van der Waals surface area contributed by atoms with Crippen molar-refractivity contribution in [2.75, 3.05) is 7.11 Å². The summed E-state index contributed by atoms with van der Waals surface area (Å²) in [5.74, 6) is 0.314. The van der Waals surface area contributed by atoms with E-state index in [4.69, 9.17) is 13.9 Å². The number of benzene rings is 2. The SMILES string of the molecule is COC(=O)CCc1cc2c(C)cc(=O)oc2cc1OCc1ccccc1. The molecule has 0 aliphatic rings. The molecule has 3 rings (SSSR count). The molecule has 0 unspecified atom stereocenters. The van der Waals surface area contributed by atoms with E-state index in [9.17, 15) is 9.59 Å². The monoisotopic (exact) mass is 352 g/mol. The fraction of sp³-hybridized carbons (Fsp3) is 0.238. The number of carbonyl (C=O) groups is 1. The van der Waals surface area contributed by atoms with Crippen LogP contribution in [0.5, 0.6) is 5.75 Å². The van der Waals surface area contributed by atoms with Gasteiger partial charge in [-0.05, 0) is 36.1 Å². The molecule has 0 fully saturated rings. The first-order valence-corrected chi connectivity index (χ1v) is 8.38. The maximum Gasteiger partial charge on any atom is 0.336 e. The molecule has 5 heteroatoms. The average Bonchev–Trinajstić information content (AvgIpc) is 2.65. The summed E-state index contributed by atoms with van der Waals surface area (Å²) >= 11 is 0. The Kier molecular flexibility index (Phi) is 5.37. The van der Waals surface area contributed by atoms with Crippen LogP contribution in [-0.4, -0.2) is 13.1 Å². The Hall–Kier alpha value is -3.08. The van der Waals surface area contributed by atoms with Gasteiger partial charge in [-0.3, -0.25) is 4.79 Å². The summed E-state index contributed by atoms with van der Waals surface area (Å²) in [6, 6.07) is 14.9. The van der Waals surface area contributed by atoms with Crippen molar-refractivity contribution in [2.45, 2.75) is 26.4 Å². The number of hydrogen-bond acceptors (Lipinski definition) is 5. The van der Waals surface area contributed by atoms with Gasteiger partial charge in [0.25, 0.3) is 0 Å². The van der Waals surface area contributed by atoms with Crippen LogP contribution in [0.2, 0.25) is 0 Å². The van der Waals surface area contributed by atoms with Crippen molar-refractivity contribution in [3.63, 3.8) is 0 Å². The summed E-state index contributed by atoms with van der Waals surface area (Å²) in [7, 11) is 1.37. The van der Waals surface area contributed by atoms with Gasteiger partial charge in [0.1, 0.15) is 17.9 Å². The number of carbonyl (C=O) groups excluding carboxylic acids is 1. The summed E-state index contributed by atoms with van der Waals surface area (Å²) in [6.45, 7) is 2.24. The molecule has 0 aliphatic carbocycles. The minimum atomic E-state index is -0.397. The van der Waals surface area contributed by atoms with E-state index in [0.29, 0.717) is 24.4 Å². The number of methoxy groups -OCH3 is 1. The van der Waals surface area contributed by atoms with Gasteiger partial charge in [0.2, 0.25) is 0 Å². The van der Waals surface area contributed by atoms with Crippen molar-refractivity contribution in [2.24, 2.45) is 0 Å². The van der Waals surface area contributed by atoms with E-state index in [1.807, 2.05) is 43.3 Å². The van der Waals surface area contributed by atoms with E-state index in [0.717, 1.165) is 22.1 Å². The lowest BCUT2D eigenvalue weighted by Gasteiger charge is -2.13. The zero-order valence-corrected chi connectivity index (χ0v) is 14.8. The molecular formula is C21H20O5. The first-order valence-electron chi connectivity index (χ1n) is 8.38. The lowest BCUT2D eigenvalue weighted by molar-refractivity contribution is -0.140. The quantitative estimate of drug-likeness (QED) is 0.499. The summed E-state index contributed by atoms with van der Waals surface area (Å²) in [5.41, 5.74) is 2.80. The number of fused-ring (bicyclic) bond motifs is 1. The molecule has 134 valence electrons. The van der Waals surface area contributed by atoms with Crippen molar-refractivity contribution >= 4 is 16.9 Å². The van der Waals surface area contributed by atoms with E-state index in [-0.39, 0.29) is 12.4 Å². The van der Waals surface area contributed by atoms with Gasteiger partial charge in [-0.15, -0.1) is 0 Å². The number of rotatable bonds is 6. The first kappa shape index (κ1) is 17.7. The molecule has 0 aliphatic heterocycles. The molecule has 2 aromatic carbocycles. The molecular weight excluding hydrogens is 332 g/mol. The second-order valence-corrected chi connectivity index (χ2v) is 6.05. The molecule has 1 heterocycles. The Bertz CT molecular complexity index is 973. The minimum Gasteiger partial charge on any atom is -0.488 e. The van der Waals surface area contributed by atoms with Crippen LogP contribution in [0.25, 0.3) is 11.0 Å². The van der Waals surface area contributed by atoms with Gasteiger partial charge in [0.15, 0.2) is 0 Å². The highest BCUT2D eigenvalue weighted by Gasteiger charge is 2.13. The van der Waals surface area contributed by atoms with Crippen LogP contribution in [0, 0.1) is 6.92 Å². The van der Waals surface area contributed by atoms with E-state index >= 15 is 0 Å². The maximum absolute atomic E-state index is 11.7. The van der Waals surface area contributed by atoms with Gasteiger partial charge in [-0.1, -0.05) is 30.3 Å². The van der Waals surface area contributed by atoms with Gasteiger partial charge in [0.05, 0.1) is 7.11 Å². The molecule has 0 saturated heterocycles. The molecule has 0 spiro atoms. The van der Waals surface area contributed by atoms with Crippen LogP contribution in [-0.2, 0) is 22.6 Å². The van der Waals surface area contributed by atoms with E-state index in [1.54, 1.807) is 6.07 Å². The van der Waals surface area contributed by atoms with Gasteiger partial charge in [0, 0.05) is 23.9 Å². The molecule has 26 heavy (non-hydrogen) atoms. The van der Waals surface area contributed by atoms with Gasteiger partial charge in [-0.25, -0.2) is 4.79 Å². The summed E-state index contributed by atoms with van der Waals surface area (Å²) < 4.78 is 16.0. The van der Waals surface area contributed by atoms with Crippen LogP contribution >= 0.6 is 0 Å². The van der Waals surface area contributed by atoms with Crippen LogP contribution in [0.1, 0.15) is 23.1 Å². The van der Waals surface area contributed by atoms with Gasteiger partial charge < -0.3 is 13.9 Å². The summed E-state index contributed by atoms with van der Waals surface area (Å²) in [6.07, 6.45) is 0.727. The molecule has 3 aromatic rings. The fourth-order valence-corrected chi connectivity index (χ4v) is 2.79. The maximum atomic E-state index is 11.7. The van der Waals surface area contributed by atoms with Crippen molar-refractivity contribution in [1.82, 2.24) is 0 Å². The van der Waals surface area contributed by atoms with Crippen molar-refractivity contribution < 1.29 is 18.7 Å². The predicted molar refractivity (Wildman–Crippen MR) is 98.3 cm³/mol. The molecule has 0 N–H and O–H groups in total. The summed E-state index contributed by atoms with van der Waals surface area (Å²) in [4.78, 5) is 23.2. The highest BCUT2D eigenvalue weighted by Crippen LogP contribution is 2.29. The van der Waals surface area contributed by atoms with Crippen LogP contribution < -0.4 is 10.4 Å². The molecule has 0 amide bonds. The molecule has 1 aromatic heterocycles. The fourth-order valence-electron chi connectivity index (χ4n) is 2.79. The topological polar surface area (TPSA) is 65.7 Å². The summed E-state index contributed by atoms with van der Waals surface area (Å²) in [5, 5.41) is 0.830. The Labute approximate surface area is 151 Å². The molecule has 0 atom stereocenters. The highest BCUT2D eigenvalue weighted by molar-refractivity contribution is 5.83. The smallest absolute Gasteiger partial charge is 0.336 e. The second-order valence-electron chi connectivity index (χ2n) is 6.05. The third-order valence-electron chi connectivity index (χ3n) is 4.20. The molecule has 5 nitrogen and oxygen atoms in total. The number of aryl methyl sites for hydroxylation is 2. The van der Waals surface area contributed by atoms with E-state index < -0.39 is 5.63 Å². The van der Waals surface area contributed by atoms with Crippen LogP contribution in [0.3, 0.4) is 0 Å². The highest BCUT2D eigenvalue weighted by atomic mass is 16.5. The number of ether oxygens (including phenoxy) is 2. The normalized spacial score (nSPS) is 10.7. The zero-order valence-electron chi connectivity index (χ0n) is 14.8. The Balaban J connectivity index is 1.96. The van der Waals surface area contributed by atoms with Crippen molar-refractivity contribution in [3.05, 3.63) is 75.6 Å². The van der Waals surface area contributed by atoms with Crippen molar-refractivity contribution in [3.8, 4) is 5.75 Å². The van der Waals surface area contributed by atoms with Crippen LogP contribution in [0.15, 0.2) is 57.7 Å². The third kappa shape index (κ3) is 4.11. The Morgan fingerprint density at radius 3 is 2.62 bits per heavy atom. The second kappa shape index (κ2) is 7.87. The minimum absolute atomic E-state index is 0.250. The average molecular weight is 352 g/mol. The van der Waals surface area contributed by atoms with E-state index in [1.165, 1.54) is 13.2 Å². The Morgan fingerprint density at radius 1 is 1.12 bits per heavy atom. The predicted octanol–water partition coefficient (Wildman–Crippen LogP) is 3.79. The van der Waals surface area contributed by atoms with Gasteiger partial charge >= 0.3 is 11.6 Å². The van der Waals surface area contributed by atoms with Gasteiger partial charge in [-0.2, -0.15) is 0 Å². The van der Waals surface area contributed by atoms with Crippen molar-refractivity contribution in [1.29, 1.82) is 0 Å². The number of esters is 1. The van der Waals surface area contributed by atoms with E-state index in [2.05, 4.69) is 0 Å². The standard InChI is InChI=1S/C21H20O5/c1-14-10-21(23)26-19-12-18(25-13-15-6-4-3-5-7-15)16(11-17(14)19)8-9-20(22)24-2/h3-7,10-12H,8-9,13H2,1-2H3. The zero-order chi connectivity index (χ0) is 18.5. The third-order valence-corrected chi connectivity index (χ3v) is 4.20. The molecule has 0 radical (unpaired) electrons. The largest absolute Gasteiger partial charge is 0.488 e. The van der Waals surface area contributed by atoms with Crippen LogP contribution in [0.4, 0.5) is 0 Å². The Morgan fingerprint density at radius 2 is 1.88 bits per heavy atom.